The van der Waals surface area contributed by atoms with E-state index in [1.165, 1.54) is 6.07 Å². The van der Waals surface area contributed by atoms with Crippen molar-refractivity contribution < 1.29 is 4.39 Å². The fraction of sp³-hybridized carbons (Fsp3) is 0.0625. The summed E-state index contributed by atoms with van der Waals surface area (Å²) in [6.07, 6.45) is 1.79. The number of nitrogens with one attached hydrogen (secondary N) is 1. The Labute approximate surface area is 131 Å². The molecule has 0 saturated carbocycles. The van der Waals surface area contributed by atoms with Crippen molar-refractivity contribution in [1.29, 1.82) is 0 Å². The van der Waals surface area contributed by atoms with Crippen LogP contribution in [-0.2, 0) is 6.54 Å². The molecule has 0 fully saturated rings. The fourth-order valence-electron chi connectivity index (χ4n) is 1.95. The molecule has 106 valence electrons. The second-order valence-corrected chi connectivity index (χ2v) is 5.82. The smallest absolute Gasteiger partial charge is 0.142 e. The number of anilines is 1. The molecule has 3 aromatic rings. The summed E-state index contributed by atoms with van der Waals surface area (Å²) in [7, 11) is 0. The molecular weight excluding hydrogens is 307 g/mol. The molecule has 2 nitrogen and oxygen atoms in total. The maximum absolute atomic E-state index is 13.3. The lowest BCUT2D eigenvalue weighted by molar-refractivity contribution is 0.626. The largest absolute Gasteiger partial charge is 0.381 e. The first-order chi connectivity index (χ1) is 10.2. The summed E-state index contributed by atoms with van der Waals surface area (Å²) in [5.41, 5.74) is 2.92. The third kappa shape index (κ3) is 3.40. The van der Waals surface area contributed by atoms with Gasteiger partial charge in [-0.2, -0.15) is 0 Å². The molecule has 0 saturated heterocycles. The molecule has 21 heavy (non-hydrogen) atoms. The van der Waals surface area contributed by atoms with Gasteiger partial charge in [-0.05, 0) is 42.0 Å². The number of hydrogen-bond acceptors (Lipinski definition) is 3. The van der Waals surface area contributed by atoms with Gasteiger partial charge < -0.3 is 5.32 Å². The average Bonchev–Trinajstić information content (AvgIpc) is 3.03. The maximum atomic E-state index is 13.3. The van der Waals surface area contributed by atoms with E-state index < -0.39 is 5.82 Å². The molecule has 1 heterocycles. The molecule has 0 radical (unpaired) electrons. The van der Waals surface area contributed by atoms with Gasteiger partial charge in [0.05, 0.1) is 5.02 Å². The first-order valence-corrected chi connectivity index (χ1v) is 7.66. The molecule has 0 spiro atoms. The van der Waals surface area contributed by atoms with Crippen LogP contribution >= 0.6 is 22.9 Å². The van der Waals surface area contributed by atoms with E-state index in [-0.39, 0.29) is 5.02 Å². The topological polar surface area (TPSA) is 24.9 Å². The molecule has 0 aliphatic heterocycles. The van der Waals surface area contributed by atoms with Crippen molar-refractivity contribution in [2.45, 2.75) is 6.54 Å². The van der Waals surface area contributed by atoms with Gasteiger partial charge in [-0.1, -0.05) is 17.7 Å². The van der Waals surface area contributed by atoms with Crippen LogP contribution in [-0.4, -0.2) is 4.98 Å². The Balaban J connectivity index is 1.66. The van der Waals surface area contributed by atoms with Gasteiger partial charge in [0.25, 0.3) is 0 Å². The summed E-state index contributed by atoms with van der Waals surface area (Å²) >= 11 is 7.27. The Bertz CT molecular complexity index is 727. The van der Waals surface area contributed by atoms with Crippen LogP contribution in [0.2, 0.25) is 5.02 Å². The number of halogens is 2. The van der Waals surface area contributed by atoms with E-state index in [0.717, 1.165) is 21.8 Å². The zero-order chi connectivity index (χ0) is 14.7. The molecule has 1 N–H and O–H groups in total. The van der Waals surface area contributed by atoms with E-state index in [1.807, 2.05) is 35.7 Å². The van der Waals surface area contributed by atoms with E-state index >= 15 is 0 Å². The van der Waals surface area contributed by atoms with E-state index in [4.69, 9.17) is 11.6 Å². The van der Waals surface area contributed by atoms with Crippen molar-refractivity contribution >= 4 is 28.6 Å². The third-order valence-corrected chi connectivity index (χ3v) is 4.17. The van der Waals surface area contributed by atoms with Crippen molar-refractivity contribution in [3.8, 4) is 10.6 Å². The number of nitrogens with zero attached hydrogens (tertiary/aromatic N) is 1. The summed E-state index contributed by atoms with van der Waals surface area (Å²) in [6.45, 7) is 0.546. The lowest BCUT2D eigenvalue weighted by Gasteiger charge is -2.07. The van der Waals surface area contributed by atoms with Crippen molar-refractivity contribution in [3.05, 3.63) is 70.4 Å². The standard InChI is InChI=1S/C16H12ClFN2S/c17-14-6-1-11(9-15(14)18)10-20-13-4-2-12(3-5-13)16-19-7-8-21-16/h1-9,20H,10H2. The highest BCUT2D eigenvalue weighted by molar-refractivity contribution is 7.13. The molecule has 1 aromatic heterocycles. The minimum absolute atomic E-state index is 0.145. The van der Waals surface area contributed by atoms with Crippen LogP contribution in [0.15, 0.2) is 54.0 Å². The van der Waals surface area contributed by atoms with Crippen LogP contribution in [0.25, 0.3) is 10.6 Å². The Morgan fingerprint density at radius 1 is 1.14 bits per heavy atom. The van der Waals surface area contributed by atoms with Crippen LogP contribution in [0.3, 0.4) is 0 Å². The molecule has 0 amide bonds. The number of aromatic nitrogens is 1. The Hall–Kier alpha value is -1.91. The summed E-state index contributed by atoms with van der Waals surface area (Å²) in [4.78, 5) is 4.27. The van der Waals surface area contributed by atoms with Gasteiger partial charge in [-0.3, -0.25) is 0 Å². The SMILES string of the molecule is Fc1cc(CNc2ccc(-c3nccs3)cc2)ccc1Cl. The predicted molar refractivity (Wildman–Crippen MR) is 86.3 cm³/mol. The van der Waals surface area contributed by atoms with Gasteiger partial charge in [-0.25, -0.2) is 9.37 Å². The summed E-state index contributed by atoms with van der Waals surface area (Å²) in [6, 6.07) is 12.8. The molecule has 0 aliphatic rings. The van der Waals surface area contributed by atoms with Crippen LogP contribution in [0.4, 0.5) is 10.1 Å². The number of rotatable bonds is 4. The minimum Gasteiger partial charge on any atom is -0.381 e. The lowest BCUT2D eigenvalue weighted by Crippen LogP contribution is -1.99. The molecule has 5 heteroatoms. The predicted octanol–water partition coefficient (Wildman–Crippen LogP) is 5.21. The normalized spacial score (nSPS) is 10.6. The Morgan fingerprint density at radius 2 is 1.95 bits per heavy atom. The monoisotopic (exact) mass is 318 g/mol. The lowest BCUT2D eigenvalue weighted by atomic mass is 10.2. The van der Waals surface area contributed by atoms with Gasteiger partial charge in [0.2, 0.25) is 0 Å². The van der Waals surface area contributed by atoms with Crippen LogP contribution in [0.5, 0.6) is 0 Å². The highest BCUT2D eigenvalue weighted by Crippen LogP contribution is 2.23. The van der Waals surface area contributed by atoms with E-state index in [2.05, 4.69) is 10.3 Å². The van der Waals surface area contributed by atoms with Crippen LogP contribution in [0, 0.1) is 5.82 Å². The van der Waals surface area contributed by atoms with E-state index in [9.17, 15) is 4.39 Å². The highest BCUT2D eigenvalue weighted by Gasteiger charge is 2.02. The van der Waals surface area contributed by atoms with E-state index in [0.29, 0.717) is 6.54 Å². The fourth-order valence-corrected chi connectivity index (χ4v) is 2.71. The second-order valence-electron chi connectivity index (χ2n) is 4.52. The minimum atomic E-state index is -0.393. The van der Waals surface area contributed by atoms with Crippen molar-refractivity contribution in [3.63, 3.8) is 0 Å². The van der Waals surface area contributed by atoms with Crippen LogP contribution in [0.1, 0.15) is 5.56 Å². The molecule has 0 aliphatic carbocycles. The molecular formula is C16H12ClFN2S. The van der Waals surface area contributed by atoms with Crippen LogP contribution < -0.4 is 5.32 Å². The van der Waals surface area contributed by atoms with Gasteiger partial charge >= 0.3 is 0 Å². The van der Waals surface area contributed by atoms with Crippen molar-refractivity contribution in [2.75, 3.05) is 5.32 Å². The molecule has 2 aromatic carbocycles. The Morgan fingerprint density at radius 3 is 2.62 bits per heavy atom. The van der Waals surface area contributed by atoms with Gasteiger partial charge in [-0.15, -0.1) is 11.3 Å². The summed E-state index contributed by atoms with van der Waals surface area (Å²) in [5, 5.41) is 6.35. The zero-order valence-corrected chi connectivity index (χ0v) is 12.6. The zero-order valence-electron chi connectivity index (χ0n) is 11.0. The Kier molecular flexibility index (Phi) is 4.18. The summed E-state index contributed by atoms with van der Waals surface area (Å²) in [5.74, 6) is -0.393. The number of thiazole rings is 1. The highest BCUT2D eigenvalue weighted by atomic mass is 35.5. The third-order valence-electron chi connectivity index (χ3n) is 3.04. The second kappa shape index (κ2) is 6.24. The van der Waals surface area contributed by atoms with E-state index in [1.54, 1.807) is 23.6 Å². The van der Waals surface area contributed by atoms with Gasteiger partial charge in [0.15, 0.2) is 0 Å². The van der Waals surface area contributed by atoms with Crippen molar-refractivity contribution in [2.24, 2.45) is 0 Å². The summed E-state index contributed by atoms with van der Waals surface area (Å²) < 4.78 is 13.3. The molecule has 3 rings (SSSR count). The number of benzene rings is 2. The maximum Gasteiger partial charge on any atom is 0.142 e. The van der Waals surface area contributed by atoms with Gasteiger partial charge in [0, 0.05) is 29.4 Å². The first-order valence-electron chi connectivity index (χ1n) is 6.40. The quantitative estimate of drug-likeness (QED) is 0.714. The molecule has 0 unspecified atom stereocenters. The van der Waals surface area contributed by atoms with Gasteiger partial charge in [0.1, 0.15) is 10.8 Å². The number of hydrogen-bond donors (Lipinski definition) is 1. The molecule has 0 bridgehead atoms. The van der Waals surface area contributed by atoms with Crippen molar-refractivity contribution in [1.82, 2.24) is 4.98 Å². The molecule has 0 atom stereocenters. The average molecular weight is 319 g/mol. The first kappa shape index (κ1) is 14.0.